The van der Waals surface area contributed by atoms with Gasteiger partial charge in [-0.2, -0.15) is 0 Å². The van der Waals surface area contributed by atoms with Crippen LogP contribution in [0.25, 0.3) is 10.9 Å². The van der Waals surface area contributed by atoms with E-state index in [1.54, 1.807) is 31.2 Å². The Morgan fingerprint density at radius 1 is 1.44 bits per heavy atom. The number of aliphatic hydroxyl groups is 1. The van der Waals surface area contributed by atoms with Gasteiger partial charge in [-0.3, -0.25) is 4.79 Å². The number of rotatable bonds is 3. The van der Waals surface area contributed by atoms with E-state index in [-0.39, 0.29) is 18.6 Å². The van der Waals surface area contributed by atoms with Crippen LogP contribution < -0.4 is 5.32 Å². The van der Waals surface area contributed by atoms with Crippen LogP contribution in [0, 0.1) is 0 Å². The normalized spacial score (nSPS) is 12.4. The number of pyridine rings is 1. The van der Waals surface area contributed by atoms with Gasteiger partial charge in [0.1, 0.15) is 5.15 Å². The molecule has 0 saturated carbocycles. The van der Waals surface area contributed by atoms with Crippen molar-refractivity contribution in [1.29, 1.82) is 0 Å². The standard InChI is InChI=1S/C13H13ClN2O2/c1-8(7-17)15-13(18)10-2-4-11-9(6-10)3-5-12(14)16-11/h2-6,8,17H,7H2,1H3,(H,15,18). The summed E-state index contributed by atoms with van der Waals surface area (Å²) >= 11 is 5.79. The molecule has 1 aromatic carbocycles. The number of benzene rings is 1. The molecule has 2 rings (SSSR count). The second-order valence-corrected chi connectivity index (χ2v) is 4.49. The number of carbonyl (C=O) groups excluding carboxylic acids is 1. The van der Waals surface area contributed by atoms with Crippen molar-refractivity contribution < 1.29 is 9.90 Å². The fraction of sp³-hybridized carbons (Fsp3) is 0.231. The van der Waals surface area contributed by atoms with E-state index in [0.29, 0.717) is 10.7 Å². The van der Waals surface area contributed by atoms with Crippen LogP contribution in [0.5, 0.6) is 0 Å². The van der Waals surface area contributed by atoms with E-state index in [9.17, 15) is 4.79 Å². The van der Waals surface area contributed by atoms with Crippen molar-refractivity contribution in [3.63, 3.8) is 0 Å². The first-order valence-electron chi connectivity index (χ1n) is 5.58. The number of nitrogens with zero attached hydrogens (tertiary/aromatic N) is 1. The van der Waals surface area contributed by atoms with E-state index in [2.05, 4.69) is 10.3 Å². The SMILES string of the molecule is CC(CO)NC(=O)c1ccc2nc(Cl)ccc2c1. The molecule has 4 nitrogen and oxygen atoms in total. The Kier molecular flexibility index (Phi) is 3.79. The zero-order valence-electron chi connectivity index (χ0n) is 9.85. The molecule has 2 aromatic rings. The average molecular weight is 265 g/mol. The highest BCUT2D eigenvalue weighted by molar-refractivity contribution is 6.29. The van der Waals surface area contributed by atoms with Crippen LogP contribution in [0.15, 0.2) is 30.3 Å². The second kappa shape index (κ2) is 5.33. The maximum Gasteiger partial charge on any atom is 0.251 e. The van der Waals surface area contributed by atoms with Gasteiger partial charge in [0.25, 0.3) is 5.91 Å². The number of aliphatic hydroxyl groups excluding tert-OH is 1. The van der Waals surface area contributed by atoms with Gasteiger partial charge in [0.15, 0.2) is 0 Å². The highest BCUT2D eigenvalue weighted by atomic mass is 35.5. The van der Waals surface area contributed by atoms with E-state index in [0.717, 1.165) is 10.9 Å². The molecule has 94 valence electrons. The summed E-state index contributed by atoms with van der Waals surface area (Å²) in [4.78, 5) is 16.0. The molecule has 2 N–H and O–H groups in total. The van der Waals surface area contributed by atoms with Gasteiger partial charge >= 0.3 is 0 Å². The van der Waals surface area contributed by atoms with Crippen LogP contribution in [-0.4, -0.2) is 28.6 Å². The maximum atomic E-state index is 11.9. The molecule has 5 heteroatoms. The Morgan fingerprint density at radius 2 is 2.22 bits per heavy atom. The molecule has 1 heterocycles. The monoisotopic (exact) mass is 264 g/mol. The minimum Gasteiger partial charge on any atom is -0.394 e. The van der Waals surface area contributed by atoms with E-state index < -0.39 is 0 Å². The highest BCUT2D eigenvalue weighted by Gasteiger charge is 2.09. The summed E-state index contributed by atoms with van der Waals surface area (Å²) in [5, 5.41) is 12.9. The molecule has 1 amide bonds. The van der Waals surface area contributed by atoms with Crippen molar-refractivity contribution >= 4 is 28.4 Å². The van der Waals surface area contributed by atoms with Gasteiger partial charge in [0.05, 0.1) is 12.1 Å². The van der Waals surface area contributed by atoms with Crippen LogP contribution in [-0.2, 0) is 0 Å². The molecule has 1 unspecified atom stereocenters. The third kappa shape index (κ3) is 2.78. The Morgan fingerprint density at radius 3 is 2.94 bits per heavy atom. The lowest BCUT2D eigenvalue weighted by Crippen LogP contribution is -2.34. The Balaban J connectivity index is 2.30. The number of fused-ring (bicyclic) bond motifs is 1. The van der Waals surface area contributed by atoms with E-state index in [4.69, 9.17) is 16.7 Å². The van der Waals surface area contributed by atoms with Crippen molar-refractivity contribution in [2.45, 2.75) is 13.0 Å². The largest absolute Gasteiger partial charge is 0.394 e. The lowest BCUT2D eigenvalue weighted by Gasteiger charge is -2.11. The number of aromatic nitrogens is 1. The molecule has 0 bridgehead atoms. The third-order valence-electron chi connectivity index (χ3n) is 2.57. The van der Waals surface area contributed by atoms with Gasteiger partial charge in [-0.1, -0.05) is 11.6 Å². The molecular weight excluding hydrogens is 252 g/mol. The smallest absolute Gasteiger partial charge is 0.251 e. The maximum absolute atomic E-state index is 11.9. The molecule has 0 saturated heterocycles. The van der Waals surface area contributed by atoms with Crippen LogP contribution in [0.3, 0.4) is 0 Å². The minimum atomic E-state index is -0.267. The first-order valence-corrected chi connectivity index (χ1v) is 5.96. The van der Waals surface area contributed by atoms with E-state index >= 15 is 0 Å². The highest BCUT2D eigenvalue weighted by Crippen LogP contribution is 2.17. The third-order valence-corrected chi connectivity index (χ3v) is 2.78. The number of hydrogen-bond acceptors (Lipinski definition) is 3. The molecule has 0 radical (unpaired) electrons. The lowest BCUT2D eigenvalue weighted by molar-refractivity contribution is 0.0922. The van der Waals surface area contributed by atoms with E-state index in [1.165, 1.54) is 0 Å². The van der Waals surface area contributed by atoms with Crippen molar-refractivity contribution in [2.24, 2.45) is 0 Å². The van der Waals surface area contributed by atoms with Gasteiger partial charge in [-0.15, -0.1) is 0 Å². The van der Waals surface area contributed by atoms with Crippen LogP contribution in [0.2, 0.25) is 5.15 Å². The van der Waals surface area contributed by atoms with Crippen molar-refractivity contribution in [2.75, 3.05) is 6.61 Å². The quantitative estimate of drug-likeness (QED) is 0.834. The average Bonchev–Trinajstić information content (AvgIpc) is 2.37. The number of halogens is 1. The Bertz CT molecular complexity index is 586. The van der Waals surface area contributed by atoms with Crippen molar-refractivity contribution in [1.82, 2.24) is 10.3 Å². The predicted molar refractivity (Wildman–Crippen MR) is 70.8 cm³/mol. The summed E-state index contributed by atoms with van der Waals surface area (Å²) in [5.41, 5.74) is 1.28. The molecule has 0 aliphatic carbocycles. The summed E-state index contributed by atoms with van der Waals surface area (Å²) in [6.45, 7) is 1.65. The molecule has 0 aliphatic rings. The lowest BCUT2D eigenvalue weighted by atomic mass is 10.1. The van der Waals surface area contributed by atoms with E-state index in [1.807, 2.05) is 6.07 Å². The van der Waals surface area contributed by atoms with Gasteiger partial charge < -0.3 is 10.4 Å². The zero-order valence-corrected chi connectivity index (χ0v) is 10.6. The number of amides is 1. The fourth-order valence-electron chi connectivity index (χ4n) is 1.59. The van der Waals surface area contributed by atoms with Crippen LogP contribution in [0.1, 0.15) is 17.3 Å². The van der Waals surface area contributed by atoms with Crippen LogP contribution >= 0.6 is 11.6 Å². The summed E-state index contributed by atoms with van der Waals surface area (Å²) in [5.74, 6) is -0.214. The summed E-state index contributed by atoms with van der Waals surface area (Å²) in [7, 11) is 0. The number of carbonyl (C=O) groups is 1. The first-order chi connectivity index (χ1) is 8.60. The van der Waals surface area contributed by atoms with Crippen molar-refractivity contribution in [3.8, 4) is 0 Å². The molecule has 0 spiro atoms. The second-order valence-electron chi connectivity index (χ2n) is 4.10. The fourth-order valence-corrected chi connectivity index (χ4v) is 1.75. The Hall–Kier alpha value is -1.65. The Labute approximate surface area is 110 Å². The molecule has 1 atom stereocenters. The first kappa shape index (κ1) is 12.8. The molecule has 0 aliphatic heterocycles. The molecule has 0 fully saturated rings. The van der Waals surface area contributed by atoms with Crippen molar-refractivity contribution in [3.05, 3.63) is 41.0 Å². The molecular formula is C13H13ClN2O2. The molecule has 1 aromatic heterocycles. The van der Waals surface area contributed by atoms with Gasteiger partial charge in [-0.05, 0) is 37.3 Å². The number of hydrogen-bond donors (Lipinski definition) is 2. The molecule has 18 heavy (non-hydrogen) atoms. The minimum absolute atomic E-state index is 0.0868. The summed E-state index contributed by atoms with van der Waals surface area (Å²) in [6.07, 6.45) is 0. The topological polar surface area (TPSA) is 62.2 Å². The summed E-state index contributed by atoms with van der Waals surface area (Å²) < 4.78 is 0. The van der Waals surface area contributed by atoms with Gasteiger partial charge in [0, 0.05) is 17.0 Å². The predicted octanol–water partition coefficient (Wildman–Crippen LogP) is 2.00. The summed E-state index contributed by atoms with van der Waals surface area (Å²) in [6, 6.07) is 8.42. The van der Waals surface area contributed by atoms with Crippen LogP contribution in [0.4, 0.5) is 0 Å². The van der Waals surface area contributed by atoms with Gasteiger partial charge in [-0.25, -0.2) is 4.98 Å². The number of nitrogens with one attached hydrogen (secondary N) is 1. The van der Waals surface area contributed by atoms with Gasteiger partial charge in [0.2, 0.25) is 0 Å². The zero-order chi connectivity index (χ0) is 13.1.